The Balaban J connectivity index is 3.17. The third-order valence-electron chi connectivity index (χ3n) is 1.78. The number of ether oxygens (including phenoxy) is 1. The number of benzene rings is 1. The van der Waals surface area contributed by atoms with E-state index in [-0.39, 0.29) is 18.0 Å². The molecular formula is C10H10F2O2. The van der Waals surface area contributed by atoms with Gasteiger partial charge in [0.05, 0.1) is 7.11 Å². The number of carbonyl (C=O) groups excluding carboxylic acids is 1. The van der Waals surface area contributed by atoms with Crippen LogP contribution in [0.25, 0.3) is 0 Å². The molecule has 76 valence electrons. The van der Waals surface area contributed by atoms with Crippen LogP contribution in [-0.2, 0) is 11.2 Å². The summed E-state index contributed by atoms with van der Waals surface area (Å²) in [5.41, 5.74) is 0.360. The van der Waals surface area contributed by atoms with E-state index in [0.29, 0.717) is 5.56 Å². The third kappa shape index (κ3) is 2.07. The smallest absolute Gasteiger partial charge is 0.200 e. The Morgan fingerprint density at radius 3 is 2.57 bits per heavy atom. The number of rotatable bonds is 3. The number of hydrogen-bond donors (Lipinski definition) is 0. The molecule has 0 unspecified atom stereocenters. The topological polar surface area (TPSA) is 26.3 Å². The van der Waals surface area contributed by atoms with Crippen LogP contribution in [0.3, 0.4) is 0 Å². The van der Waals surface area contributed by atoms with Crippen molar-refractivity contribution in [2.45, 2.75) is 13.3 Å². The van der Waals surface area contributed by atoms with Crippen molar-refractivity contribution >= 4 is 5.78 Å². The predicted octanol–water partition coefficient (Wildman–Crippen LogP) is 2.10. The van der Waals surface area contributed by atoms with Gasteiger partial charge in [-0.3, -0.25) is 4.79 Å². The monoisotopic (exact) mass is 200 g/mol. The molecule has 0 saturated heterocycles. The van der Waals surface area contributed by atoms with Crippen LogP contribution in [0.5, 0.6) is 5.75 Å². The van der Waals surface area contributed by atoms with E-state index in [0.717, 1.165) is 6.07 Å². The summed E-state index contributed by atoms with van der Waals surface area (Å²) < 4.78 is 30.5. The zero-order valence-corrected chi connectivity index (χ0v) is 7.93. The van der Waals surface area contributed by atoms with E-state index < -0.39 is 11.6 Å². The van der Waals surface area contributed by atoms with Gasteiger partial charge in [0, 0.05) is 12.0 Å². The van der Waals surface area contributed by atoms with E-state index in [1.807, 2.05) is 0 Å². The molecule has 0 atom stereocenters. The Morgan fingerprint density at radius 1 is 1.43 bits per heavy atom. The lowest BCUT2D eigenvalue weighted by molar-refractivity contribution is -0.116. The van der Waals surface area contributed by atoms with Gasteiger partial charge in [-0.1, -0.05) is 6.07 Å². The van der Waals surface area contributed by atoms with Crippen LogP contribution in [0, 0.1) is 11.6 Å². The van der Waals surface area contributed by atoms with Gasteiger partial charge in [-0.15, -0.1) is 0 Å². The van der Waals surface area contributed by atoms with E-state index >= 15 is 0 Å². The number of Topliss-reactive ketones (excluding diaryl/α,β-unsaturated/α-hetero) is 1. The summed E-state index contributed by atoms with van der Waals surface area (Å²) in [6, 6.07) is 2.33. The summed E-state index contributed by atoms with van der Waals surface area (Å²) in [6.07, 6.45) is 0.0420. The van der Waals surface area contributed by atoms with Crippen molar-refractivity contribution in [1.82, 2.24) is 0 Å². The van der Waals surface area contributed by atoms with Crippen molar-refractivity contribution < 1.29 is 18.3 Å². The van der Waals surface area contributed by atoms with Gasteiger partial charge in [0.25, 0.3) is 0 Å². The molecule has 0 aliphatic rings. The van der Waals surface area contributed by atoms with Crippen LogP contribution < -0.4 is 4.74 Å². The van der Waals surface area contributed by atoms with Crippen LogP contribution in [-0.4, -0.2) is 12.9 Å². The second-order valence-corrected chi connectivity index (χ2v) is 2.93. The maximum absolute atomic E-state index is 13.1. The zero-order chi connectivity index (χ0) is 10.7. The molecule has 14 heavy (non-hydrogen) atoms. The first-order valence-corrected chi connectivity index (χ1v) is 4.06. The van der Waals surface area contributed by atoms with E-state index in [1.54, 1.807) is 0 Å². The van der Waals surface area contributed by atoms with Crippen molar-refractivity contribution in [3.8, 4) is 5.75 Å². The molecule has 0 saturated carbocycles. The largest absolute Gasteiger partial charge is 0.493 e. The van der Waals surface area contributed by atoms with Gasteiger partial charge in [-0.05, 0) is 13.0 Å². The molecule has 0 aromatic heterocycles. The Kier molecular flexibility index (Phi) is 3.17. The quantitative estimate of drug-likeness (QED) is 0.746. The maximum atomic E-state index is 13.1. The lowest BCUT2D eigenvalue weighted by Crippen LogP contribution is -2.02. The molecule has 2 nitrogen and oxygen atoms in total. The molecule has 0 fully saturated rings. The first-order chi connectivity index (χ1) is 6.56. The van der Waals surface area contributed by atoms with Crippen LogP contribution in [0.1, 0.15) is 12.5 Å². The van der Waals surface area contributed by atoms with Crippen LogP contribution in [0.15, 0.2) is 12.1 Å². The first-order valence-electron chi connectivity index (χ1n) is 4.06. The Hall–Kier alpha value is -1.45. The van der Waals surface area contributed by atoms with Gasteiger partial charge >= 0.3 is 0 Å². The fourth-order valence-electron chi connectivity index (χ4n) is 1.20. The van der Waals surface area contributed by atoms with Crippen LogP contribution in [0.4, 0.5) is 8.78 Å². The van der Waals surface area contributed by atoms with Crippen LogP contribution >= 0.6 is 0 Å². The van der Waals surface area contributed by atoms with E-state index in [4.69, 9.17) is 4.74 Å². The van der Waals surface area contributed by atoms with E-state index in [2.05, 4.69) is 0 Å². The lowest BCUT2D eigenvalue weighted by Gasteiger charge is -2.08. The Labute approximate surface area is 80.5 Å². The van der Waals surface area contributed by atoms with Crippen molar-refractivity contribution in [1.29, 1.82) is 0 Å². The molecule has 0 aliphatic heterocycles. The van der Waals surface area contributed by atoms with Crippen molar-refractivity contribution in [2.75, 3.05) is 7.11 Å². The van der Waals surface area contributed by atoms with E-state index in [9.17, 15) is 13.6 Å². The van der Waals surface area contributed by atoms with E-state index in [1.165, 1.54) is 20.1 Å². The SMILES string of the molecule is COc1c(CC(C)=O)ccc(F)c1F. The number of halogens is 2. The molecule has 0 amide bonds. The maximum Gasteiger partial charge on any atom is 0.200 e. The average Bonchev–Trinajstić information content (AvgIpc) is 2.11. The normalized spacial score (nSPS) is 10.0. The van der Waals surface area contributed by atoms with Gasteiger partial charge < -0.3 is 4.74 Å². The highest BCUT2D eigenvalue weighted by atomic mass is 19.2. The molecule has 0 radical (unpaired) electrons. The molecule has 0 bridgehead atoms. The fraction of sp³-hybridized carbons (Fsp3) is 0.300. The highest BCUT2D eigenvalue weighted by molar-refractivity contribution is 5.78. The molecule has 1 aromatic rings. The predicted molar refractivity (Wildman–Crippen MR) is 47.3 cm³/mol. The summed E-state index contributed by atoms with van der Waals surface area (Å²) in [6.45, 7) is 1.38. The molecule has 1 rings (SSSR count). The van der Waals surface area contributed by atoms with Crippen molar-refractivity contribution in [3.05, 3.63) is 29.3 Å². The fourth-order valence-corrected chi connectivity index (χ4v) is 1.20. The summed E-state index contributed by atoms with van der Waals surface area (Å²) >= 11 is 0. The number of hydrogen-bond acceptors (Lipinski definition) is 2. The molecule has 0 heterocycles. The molecule has 4 heteroatoms. The second-order valence-electron chi connectivity index (χ2n) is 2.93. The number of ketones is 1. The van der Waals surface area contributed by atoms with Crippen molar-refractivity contribution in [3.63, 3.8) is 0 Å². The Morgan fingerprint density at radius 2 is 2.07 bits per heavy atom. The summed E-state index contributed by atoms with van der Waals surface area (Å²) in [4.78, 5) is 10.8. The minimum Gasteiger partial charge on any atom is -0.493 e. The summed E-state index contributed by atoms with van der Waals surface area (Å²) in [7, 11) is 1.24. The molecule has 0 spiro atoms. The van der Waals surface area contributed by atoms with Crippen molar-refractivity contribution in [2.24, 2.45) is 0 Å². The number of methoxy groups -OCH3 is 1. The minimum absolute atomic E-state index is 0.0420. The molecule has 1 aromatic carbocycles. The highest BCUT2D eigenvalue weighted by Crippen LogP contribution is 2.25. The second kappa shape index (κ2) is 4.17. The molecular weight excluding hydrogens is 190 g/mol. The van der Waals surface area contributed by atoms with Gasteiger partial charge in [-0.25, -0.2) is 4.39 Å². The van der Waals surface area contributed by atoms with Gasteiger partial charge in [-0.2, -0.15) is 4.39 Å². The average molecular weight is 200 g/mol. The highest BCUT2D eigenvalue weighted by Gasteiger charge is 2.14. The van der Waals surface area contributed by atoms with Crippen LogP contribution in [0.2, 0.25) is 0 Å². The van der Waals surface area contributed by atoms with Gasteiger partial charge in [0.15, 0.2) is 11.6 Å². The first kappa shape index (κ1) is 10.6. The zero-order valence-electron chi connectivity index (χ0n) is 7.93. The Bertz CT molecular complexity index is 361. The summed E-state index contributed by atoms with van der Waals surface area (Å²) in [5.74, 6) is -2.35. The lowest BCUT2D eigenvalue weighted by atomic mass is 10.1. The summed E-state index contributed by atoms with van der Waals surface area (Å²) in [5, 5.41) is 0. The molecule has 0 N–H and O–H groups in total. The molecule has 0 aliphatic carbocycles. The number of carbonyl (C=O) groups is 1. The van der Waals surface area contributed by atoms with Gasteiger partial charge in [0.2, 0.25) is 5.82 Å². The standard InChI is InChI=1S/C10H10F2O2/c1-6(13)5-7-3-4-8(11)9(12)10(7)14-2/h3-4H,5H2,1-2H3. The third-order valence-corrected chi connectivity index (χ3v) is 1.78. The minimum atomic E-state index is -1.05. The van der Waals surface area contributed by atoms with Gasteiger partial charge in [0.1, 0.15) is 5.78 Å².